The minimum absolute atomic E-state index is 0.0316. The number of halogens is 2. The minimum Gasteiger partial charge on any atom is -0.481 e. The Bertz CT molecular complexity index is 660. The molecule has 1 N–H and O–H groups in total. The number of hydrogen-bond acceptors (Lipinski definition) is 3. The molecule has 0 spiro atoms. The number of ether oxygens (including phenoxy) is 1. The Balaban J connectivity index is 1.70. The molecule has 2 fully saturated rings. The van der Waals surface area contributed by atoms with E-state index in [2.05, 4.69) is 0 Å². The van der Waals surface area contributed by atoms with Gasteiger partial charge < -0.3 is 14.7 Å². The van der Waals surface area contributed by atoms with Crippen molar-refractivity contribution < 1.29 is 19.4 Å². The molecule has 0 radical (unpaired) electrons. The van der Waals surface area contributed by atoms with Crippen molar-refractivity contribution in [2.24, 2.45) is 5.92 Å². The maximum absolute atomic E-state index is 13.0. The van der Waals surface area contributed by atoms with E-state index in [1.807, 2.05) is 6.07 Å². The van der Waals surface area contributed by atoms with Crippen LogP contribution in [0.5, 0.6) is 0 Å². The summed E-state index contributed by atoms with van der Waals surface area (Å²) in [5, 5.41) is 10.1. The lowest BCUT2D eigenvalue weighted by Gasteiger charge is -2.34. The Morgan fingerprint density at radius 2 is 1.96 bits per heavy atom. The molecule has 7 heteroatoms. The van der Waals surface area contributed by atoms with Crippen LogP contribution in [0.2, 0.25) is 10.0 Å². The highest BCUT2D eigenvalue weighted by atomic mass is 35.5. The third-order valence-electron chi connectivity index (χ3n) is 4.95. The molecule has 1 aliphatic carbocycles. The summed E-state index contributed by atoms with van der Waals surface area (Å²) in [7, 11) is 0. The third-order valence-corrected chi connectivity index (χ3v) is 5.51. The van der Waals surface area contributed by atoms with Gasteiger partial charge in [0.1, 0.15) is 0 Å². The summed E-state index contributed by atoms with van der Waals surface area (Å²) in [5.41, 5.74) is 0.939. The smallest absolute Gasteiger partial charge is 0.305 e. The first-order valence-corrected chi connectivity index (χ1v) is 9.28. The van der Waals surface area contributed by atoms with Crippen LogP contribution in [0.3, 0.4) is 0 Å². The van der Waals surface area contributed by atoms with Crippen LogP contribution in [-0.2, 0) is 14.3 Å². The molecule has 1 amide bonds. The van der Waals surface area contributed by atoms with E-state index in [0.717, 1.165) is 24.8 Å². The van der Waals surface area contributed by atoms with Gasteiger partial charge in [-0.15, -0.1) is 0 Å². The maximum atomic E-state index is 13.0. The Morgan fingerprint density at radius 3 is 2.60 bits per heavy atom. The van der Waals surface area contributed by atoms with Gasteiger partial charge in [0.2, 0.25) is 5.91 Å². The molecule has 1 saturated carbocycles. The van der Waals surface area contributed by atoms with Crippen LogP contribution in [0.15, 0.2) is 18.2 Å². The average molecular weight is 386 g/mol. The van der Waals surface area contributed by atoms with Crippen molar-refractivity contribution in [3.8, 4) is 0 Å². The predicted molar refractivity (Wildman–Crippen MR) is 95.1 cm³/mol. The predicted octanol–water partition coefficient (Wildman–Crippen LogP) is 3.58. The van der Waals surface area contributed by atoms with Gasteiger partial charge in [-0.25, -0.2) is 0 Å². The first-order valence-electron chi connectivity index (χ1n) is 8.52. The molecule has 2 aliphatic rings. The van der Waals surface area contributed by atoms with Gasteiger partial charge in [-0.2, -0.15) is 0 Å². The molecular formula is C18H21Cl2NO4. The quantitative estimate of drug-likeness (QED) is 0.812. The van der Waals surface area contributed by atoms with Crippen molar-refractivity contribution in [2.75, 3.05) is 19.8 Å². The van der Waals surface area contributed by atoms with Crippen molar-refractivity contribution in [1.82, 2.24) is 4.90 Å². The monoisotopic (exact) mass is 385 g/mol. The van der Waals surface area contributed by atoms with Gasteiger partial charge in [0, 0.05) is 41.8 Å². The van der Waals surface area contributed by atoms with Gasteiger partial charge in [0.05, 0.1) is 6.42 Å². The van der Waals surface area contributed by atoms with Crippen LogP contribution in [0.25, 0.3) is 0 Å². The summed E-state index contributed by atoms with van der Waals surface area (Å²) in [5.74, 6) is -0.901. The van der Waals surface area contributed by atoms with Crippen LogP contribution >= 0.6 is 23.2 Å². The van der Waals surface area contributed by atoms with Crippen LogP contribution in [0.4, 0.5) is 0 Å². The maximum Gasteiger partial charge on any atom is 0.305 e. The molecule has 1 aromatic rings. The van der Waals surface area contributed by atoms with Crippen LogP contribution in [0.1, 0.15) is 37.2 Å². The number of carbonyl (C=O) groups is 2. The summed E-state index contributed by atoms with van der Waals surface area (Å²) in [6.45, 7) is 1.47. The SMILES string of the molecule is O=C(O)CCN(C(=O)[C@@H]1C[C@@H]1c1ccc(Cl)cc1Cl)C1CCOCC1. The molecule has 3 rings (SSSR count). The standard InChI is InChI=1S/C18H21Cl2NO4/c19-11-1-2-13(16(20)9-11)14-10-15(14)18(24)21(6-3-17(22)23)12-4-7-25-8-5-12/h1-2,9,12,14-15H,3-8,10H2,(H,22,23)/t14-,15-/m1/s1. The van der Waals surface area contributed by atoms with E-state index in [1.54, 1.807) is 17.0 Å². The van der Waals surface area contributed by atoms with Gasteiger partial charge >= 0.3 is 5.97 Å². The van der Waals surface area contributed by atoms with Crippen LogP contribution < -0.4 is 0 Å². The highest BCUT2D eigenvalue weighted by Crippen LogP contribution is 2.51. The van der Waals surface area contributed by atoms with Crippen LogP contribution in [-0.4, -0.2) is 47.7 Å². The highest BCUT2D eigenvalue weighted by molar-refractivity contribution is 6.35. The van der Waals surface area contributed by atoms with Crippen molar-refractivity contribution in [3.63, 3.8) is 0 Å². The summed E-state index contributed by atoms with van der Waals surface area (Å²) in [6.07, 6.45) is 2.21. The normalized spacial score (nSPS) is 23.3. The number of rotatable bonds is 6. The molecule has 0 bridgehead atoms. The molecule has 25 heavy (non-hydrogen) atoms. The van der Waals surface area contributed by atoms with Crippen molar-refractivity contribution in [3.05, 3.63) is 33.8 Å². The molecule has 0 aromatic heterocycles. The fraction of sp³-hybridized carbons (Fsp3) is 0.556. The second-order valence-corrected chi connectivity index (χ2v) is 7.48. The molecule has 1 aromatic carbocycles. The lowest BCUT2D eigenvalue weighted by Crippen LogP contribution is -2.45. The lowest BCUT2D eigenvalue weighted by molar-refractivity contribution is -0.141. The number of nitrogens with zero attached hydrogens (tertiary/aromatic N) is 1. The number of amides is 1. The van der Waals surface area contributed by atoms with E-state index in [9.17, 15) is 9.59 Å². The highest BCUT2D eigenvalue weighted by Gasteiger charge is 2.47. The molecule has 136 valence electrons. The third kappa shape index (κ3) is 4.46. The van der Waals surface area contributed by atoms with Crippen molar-refractivity contribution >= 4 is 35.1 Å². The molecule has 1 aliphatic heterocycles. The zero-order valence-corrected chi connectivity index (χ0v) is 15.3. The summed E-state index contributed by atoms with van der Waals surface area (Å²) >= 11 is 12.2. The second-order valence-electron chi connectivity index (χ2n) is 6.63. The van der Waals surface area contributed by atoms with Gasteiger partial charge in [0.15, 0.2) is 0 Å². The van der Waals surface area contributed by atoms with E-state index in [1.165, 1.54) is 0 Å². The van der Waals surface area contributed by atoms with Crippen molar-refractivity contribution in [2.45, 2.75) is 37.6 Å². The van der Waals surface area contributed by atoms with E-state index in [0.29, 0.717) is 23.3 Å². The number of carboxylic acids is 1. The Labute approximate surface area is 156 Å². The topological polar surface area (TPSA) is 66.8 Å². The molecule has 2 atom stereocenters. The van der Waals surface area contributed by atoms with E-state index in [4.69, 9.17) is 33.0 Å². The fourth-order valence-corrected chi connectivity index (χ4v) is 4.06. The first-order chi connectivity index (χ1) is 12.0. The number of carbonyl (C=O) groups excluding carboxylic acids is 1. The molecule has 1 saturated heterocycles. The van der Waals surface area contributed by atoms with E-state index in [-0.39, 0.29) is 36.8 Å². The summed E-state index contributed by atoms with van der Waals surface area (Å²) < 4.78 is 5.36. The zero-order valence-electron chi connectivity index (χ0n) is 13.8. The lowest BCUT2D eigenvalue weighted by atomic mass is 10.0. The Morgan fingerprint density at radius 1 is 1.24 bits per heavy atom. The van der Waals surface area contributed by atoms with Gasteiger partial charge in [-0.1, -0.05) is 29.3 Å². The molecule has 1 heterocycles. The largest absolute Gasteiger partial charge is 0.481 e. The molecular weight excluding hydrogens is 365 g/mol. The Hall–Kier alpha value is -1.30. The molecule has 5 nitrogen and oxygen atoms in total. The number of hydrogen-bond donors (Lipinski definition) is 1. The van der Waals surface area contributed by atoms with Gasteiger partial charge in [-0.3, -0.25) is 9.59 Å². The second kappa shape index (κ2) is 7.94. The number of aliphatic carboxylic acids is 1. The first kappa shape index (κ1) is 18.5. The Kier molecular flexibility index (Phi) is 5.87. The fourth-order valence-electron chi connectivity index (χ4n) is 3.51. The summed E-state index contributed by atoms with van der Waals surface area (Å²) in [4.78, 5) is 25.7. The van der Waals surface area contributed by atoms with E-state index < -0.39 is 5.97 Å². The minimum atomic E-state index is -0.891. The van der Waals surface area contributed by atoms with Gasteiger partial charge in [0.25, 0.3) is 0 Å². The average Bonchev–Trinajstić information content (AvgIpc) is 3.36. The number of carboxylic acid groups (broad SMARTS) is 1. The van der Waals surface area contributed by atoms with E-state index >= 15 is 0 Å². The zero-order chi connectivity index (χ0) is 18.0. The van der Waals surface area contributed by atoms with Crippen molar-refractivity contribution in [1.29, 1.82) is 0 Å². The van der Waals surface area contributed by atoms with Gasteiger partial charge in [-0.05, 0) is 42.9 Å². The van der Waals surface area contributed by atoms with Crippen LogP contribution in [0, 0.1) is 5.92 Å². The molecule has 0 unspecified atom stereocenters. The number of benzene rings is 1. The summed E-state index contributed by atoms with van der Waals surface area (Å²) in [6, 6.07) is 5.41.